The van der Waals surface area contributed by atoms with E-state index < -0.39 is 14.9 Å². The molecule has 0 unspecified atom stereocenters. The second kappa shape index (κ2) is 9.71. The van der Waals surface area contributed by atoms with Crippen molar-refractivity contribution in [3.8, 4) is 0 Å². The van der Waals surface area contributed by atoms with E-state index in [1.807, 2.05) is 4.90 Å². The topological polar surface area (TPSA) is 113 Å². The van der Waals surface area contributed by atoms with Crippen LogP contribution in [0.4, 0.5) is 11.4 Å². The van der Waals surface area contributed by atoms with E-state index in [2.05, 4.69) is 16.5 Å². The summed E-state index contributed by atoms with van der Waals surface area (Å²) in [6.45, 7) is 6.72. The number of nitrogens with one attached hydrogen (secondary N) is 1. The Morgan fingerprint density at radius 2 is 1.71 bits per heavy atom. The summed E-state index contributed by atoms with van der Waals surface area (Å²) < 4.78 is 28.0. The molecule has 2 fully saturated rings. The lowest BCUT2D eigenvalue weighted by atomic mass is 10.0. The van der Waals surface area contributed by atoms with Gasteiger partial charge in [-0.25, -0.2) is 8.42 Å². The number of anilines is 1. The zero-order valence-electron chi connectivity index (χ0n) is 19.4. The number of hydrogen-bond donors (Lipinski definition) is 1. The summed E-state index contributed by atoms with van der Waals surface area (Å²) in [6.07, 6.45) is 3.99. The summed E-state index contributed by atoms with van der Waals surface area (Å²) >= 11 is 0. The first-order valence-corrected chi connectivity index (χ1v) is 13.1. The molecule has 2 aromatic rings. The molecule has 1 N–H and O–H groups in total. The van der Waals surface area contributed by atoms with E-state index in [0.717, 1.165) is 51.4 Å². The summed E-state index contributed by atoms with van der Waals surface area (Å²) in [6, 6.07) is 10.7. The van der Waals surface area contributed by atoms with Gasteiger partial charge >= 0.3 is 0 Å². The van der Waals surface area contributed by atoms with E-state index in [4.69, 9.17) is 0 Å². The molecule has 0 spiro atoms. The van der Waals surface area contributed by atoms with Gasteiger partial charge in [-0.2, -0.15) is 0 Å². The standard InChI is InChI=1S/C24H30N4O5S/c1-3-26-14-12-21(13-15-26)27(20-9-10-20)24(29)18-5-7-19(8-6-18)25-34(32,33)22-11-4-17(2)23(16-22)28(30)31/h4-8,11,16,20-21,25H,3,9-10,12-15H2,1-2H3. The number of nitrogens with zero attached hydrogens (tertiary/aromatic N) is 3. The first kappa shape index (κ1) is 24.2. The number of rotatable bonds is 8. The van der Waals surface area contributed by atoms with Crippen LogP contribution in [0.3, 0.4) is 0 Å². The fraction of sp³-hybridized carbons (Fsp3) is 0.458. The summed E-state index contributed by atoms with van der Waals surface area (Å²) in [7, 11) is -4.02. The number of benzene rings is 2. The SMILES string of the molecule is CCN1CCC(N(C(=O)c2ccc(NS(=O)(=O)c3ccc(C)c([N+](=O)[O-])c3)cc2)C2CC2)CC1. The van der Waals surface area contributed by atoms with Crippen molar-refractivity contribution in [2.24, 2.45) is 0 Å². The van der Waals surface area contributed by atoms with Crippen molar-refractivity contribution in [3.05, 3.63) is 63.7 Å². The van der Waals surface area contributed by atoms with Crippen molar-refractivity contribution in [1.29, 1.82) is 0 Å². The number of carbonyl (C=O) groups excluding carboxylic acids is 1. The number of nitro benzene ring substituents is 1. The molecule has 9 nitrogen and oxygen atoms in total. The predicted octanol–water partition coefficient (Wildman–Crippen LogP) is 3.79. The third-order valence-electron chi connectivity index (χ3n) is 6.64. The van der Waals surface area contributed by atoms with Gasteiger partial charge in [0.05, 0.1) is 9.82 Å². The highest BCUT2D eigenvalue weighted by molar-refractivity contribution is 7.92. The van der Waals surface area contributed by atoms with Crippen LogP contribution in [0.2, 0.25) is 0 Å². The van der Waals surface area contributed by atoms with Crippen LogP contribution in [0, 0.1) is 17.0 Å². The third-order valence-corrected chi connectivity index (χ3v) is 8.02. The monoisotopic (exact) mass is 486 g/mol. The number of likely N-dealkylation sites (tertiary alicyclic amines) is 1. The molecule has 1 heterocycles. The molecule has 0 aromatic heterocycles. The lowest BCUT2D eigenvalue weighted by Crippen LogP contribution is -2.48. The molecule has 34 heavy (non-hydrogen) atoms. The van der Waals surface area contributed by atoms with Crippen LogP contribution >= 0.6 is 0 Å². The second-order valence-electron chi connectivity index (χ2n) is 9.00. The largest absolute Gasteiger partial charge is 0.333 e. The first-order valence-electron chi connectivity index (χ1n) is 11.6. The highest BCUT2D eigenvalue weighted by Gasteiger charge is 2.38. The van der Waals surface area contributed by atoms with E-state index in [9.17, 15) is 23.3 Å². The maximum absolute atomic E-state index is 13.3. The number of hydrogen-bond acceptors (Lipinski definition) is 6. The van der Waals surface area contributed by atoms with Gasteiger partial charge in [-0.05, 0) is 69.5 Å². The van der Waals surface area contributed by atoms with Crippen LogP contribution in [0.25, 0.3) is 0 Å². The molecular weight excluding hydrogens is 456 g/mol. The van der Waals surface area contributed by atoms with Gasteiger partial charge in [0.25, 0.3) is 21.6 Å². The van der Waals surface area contributed by atoms with Gasteiger partial charge in [0.2, 0.25) is 0 Å². The number of carbonyl (C=O) groups is 1. The number of aryl methyl sites for hydroxylation is 1. The van der Waals surface area contributed by atoms with Crippen LogP contribution in [0.1, 0.15) is 48.5 Å². The van der Waals surface area contributed by atoms with E-state index >= 15 is 0 Å². The average molecular weight is 487 g/mol. The summed E-state index contributed by atoms with van der Waals surface area (Å²) in [5.41, 5.74) is 0.939. The van der Waals surface area contributed by atoms with Gasteiger partial charge in [-0.15, -0.1) is 0 Å². The Labute approximate surface area is 200 Å². The van der Waals surface area contributed by atoms with Crippen LogP contribution < -0.4 is 4.72 Å². The van der Waals surface area contributed by atoms with E-state index in [0.29, 0.717) is 17.2 Å². The van der Waals surface area contributed by atoms with Gasteiger partial charge in [0.1, 0.15) is 0 Å². The van der Waals surface area contributed by atoms with Crippen molar-refractivity contribution in [1.82, 2.24) is 9.80 Å². The van der Waals surface area contributed by atoms with E-state index in [1.165, 1.54) is 12.1 Å². The highest BCUT2D eigenvalue weighted by Crippen LogP contribution is 2.33. The minimum Gasteiger partial charge on any atom is -0.333 e. The minimum absolute atomic E-state index is 0.0129. The van der Waals surface area contributed by atoms with Crippen LogP contribution in [0.5, 0.6) is 0 Å². The lowest BCUT2D eigenvalue weighted by molar-refractivity contribution is -0.385. The molecule has 1 amide bonds. The Hall–Kier alpha value is -2.98. The average Bonchev–Trinajstić information content (AvgIpc) is 3.65. The molecule has 4 rings (SSSR count). The second-order valence-corrected chi connectivity index (χ2v) is 10.7. The van der Waals surface area contributed by atoms with Crippen LogP contribution in [-0.2, 0) is 10.0 Å². The van der Waals surface area contributed by atoms with Crippen molar-refractivity contribution < 1.29 is 18.1 Å². The molecule has 1 saturated heterocycles. The van der Waals surface area contributed by atoms with Crippen molar-refractivity contribution in [3.63, 3.8) is 0 Å². The fourth-order valence-corrected chi connectivity index (χ4v) is 5.57. The Kier molecular flexibility index (Phi) is 6.90. The number of sulfonamides is 1. The molecule has 2 aliphatic rings. The normalized spacial score (nSPS) is 17.4. The molecule has 0 atom stereocenters. The maximum Gasteiger partial charge on any atom is 0.273 e. The fourth-order valence-electron chi connectivity index (χ4n) is 4.49. The van der Waals surface area contributed by atoms with Crippen molar-refractivity contribution >= 4 is 27.3 Å². The molecule has 0 bridgehead atoms. The van der Waals surface area contributed by atoms with Crippen LogP contribution in [-0.4, -0.2) is 60.8 Å². The van der Waals surface area contributed by atoms with Gasteiger partial charge in [-0.3, -0.25) is 19.6 Å². The Morgan fingerprint density at radius 3 is 2.26 bits per heavy atom. The van der Waals surface area contributed by atoms with Crippen molar-refractivity contribution in [2.75, 3.05) is 24.4 Å². The molecule has 10 heteroatoms. The summed E-state index contributed by atoms with van der Waals surface area (Å²) in [5, 5.41) is 11.2. The molecule has 1 aliphatic heterocycles. The number of nitro groups is 1. The van der Waals surface area contributed by atoms with Gasteiger partial charge in [0, 0.05) is 48.1 Å². The maximum atomic E-state index is 13.3. The molecule has 2 aromatic carbocycles. The Balaban J connectivity index is 1.48. The minimum atomic E-state index is -4.02. The summed E-state index contributed by atoms with van der Waals surface area (Å²) in [5.74, 6) is -0.0129. The molecule has 0 radical (unpaired) electrons. The molecule has 1 saturated carbocycles. The lowest BCUT2D eigenvalue weighted by Gasteiger charge is -2.38. The number of piperidine rings is 1. The Bertz CT molecular complexity index is 1170. The predicted molar refractivity (Wildman–Crippen MR) is 129 cm³/mol. The summed E-state index contributed by atoms with van der Waals surface area (Å²) in [4.78, 5) is 28.1. The quantitative estimate of drug-likeness (QED) is 0.449. The van der Waals surface area contributed by atoms with Gasteiger partial charge in [0.15, 0.2) is 0 Å². The molecular formula is C24H30N4O5S. The number of amides is 1. The van der Waals surface area contributed by atoms with Gasteiger partial charge in [-0.1, -0.05) is 13.0 Å². The van der Waals surface area contributed by atoms with Crippen LogP contribution in [0.15, 0.2) is 47.4 Å². The Morgan fingerprint density at radius 1 is 1.09 bits per heavy atom. The zero-order valence-corrected chi connectivity index (χ0v) is 20.3. The van der Waals surface area contributed by atoms with Gasteiger partial charge < -0.3 is 9.80 Å². The smallest absolute Gasteiger partial charge is 0.273 e. The third kappa shape index (κ3) is 5.23. The molecule has 182 valence electrons. The van der Waals surface area contributed by atoms with E-state index in [1.54, 1.807) is 31.2 Å². The highest BCUT2D eigenvalue weighted by atomic mass is 32.2. The van der Waals surface area contributed by atoms with E-state index in [-0.39, 0.29) is 28.2 Å². The zero-order chi connectivity index (χ0) is 24.5. The first-order chi connectivity index (χ1) is 16.2. The molecule has 1 aliphatic carbocycles. The van der Waals surface area contributed by atoms with Crippen molar-refractivity contribution in [2.45, 2.75) is 56.5 Å².